The summed E-state index contributed by atoms with van der Waals surface area (Å²) < 4.78 is 5.74. The highest BCUT2D eigenvalue weighted by molar-refractivity contribution is 5.58. The summed E-state index contributed by atoms with van der Waals surface area (Å²) in [5.41, 5.74) is 6.32. The summed E-state index contributed by atoms with van der Waals surface area (Å²) in [6.45, 7) is 1.74. The van der Waals surface area contributed by atoms with E-state index in [0.717, 1.165) is 5.69 Å². The van der Waals surface area contributed by atoms with Crippen molar-refractivity contribution in [2.75, 3.05) is 30.3 Å². The summed E-state index contributed by atoms with van der Waals surface area (Å²) >= 11 is 0. The van der Waals surface area contributed by atoms with E-state index in [0.29, 0.717) is 25.5 Å². The standard InChI is InChI=1S/C14H15N5O3/c15-14-11(19(20)21)4-5-13(17-14)18-7-8-22-12(9-18)10-3-1-2-6-16-10/h1-6,12H,7-9H2,(H2,15,17). The number of hydrogen-bond donors (Lipinski definition) is 1. The molecule has 22 heavy (non-hydrogen) atoms. The van der Waals surface area contributed by atoms with Gasteiger partial charge in [-0.3, -0.25) is 15.1 Å². The summed E-state index contributed by atoms with van der Waals surface area (Å²) in [4.78, 5) is 20.7. The minimum Gasteiger partial charge on any atom is -0.378 e. The van der Waals surface area contributed by atoms with Crippen LogP contribution in [0, 0.1) is 10.1 Å². The van der Waals surface area contributed by atoms with Gasteiger partial charge in [0.1, 0.15) is 11.9 Å². The van der Waals surface area contributed by atoms with Gasteiger partial charge >= 0.3 is 5.69 Å². The second-order valence-corrected chi connectivity index (χ2v) is 4.89. The lowest BCUT2D eigenvalue weighted by atomic mass is 10.2. The van der Waals surface area contributed by atoms with E-state index in [-0.39, 0.29) is 17.6 Å². The third-order valence-corrected chi connectivity index (χ3v) is 3.49. The number of rotatable bonds is 3. The Labute approximate surface area is 126 Å². The maximum atomic E-state index is 10.8. The third-order valence-electron chi connectivity index (χ3n) is 3.49. The number of aromatic nitrogens is 2. The molecule has 0 amide bonds. The maximum Gasteiger partial charge on any atom is 0.311 e. The van der Waals surface area contributed by atoms with Gasteiger partial charge in [0.05, 0.1) is 23.8 Å². The zero-order valence-corrected chi connectivity index (χ0v) is 11.8. The van der Waals surface area contributed by atoms with Crippen molar-refractivity contribution in [3.63, 3.8) is 0 Å². The average Bonchev–Trinajstić information content (AvgIpc) is 2.55. The highest BCUT2D eigenvalue weighted by Gasteiger charge is 2.25. The maximum absolute atomic E-state index is 10.8. The molecule has 1 saturated heterocycles. The van der Waals surface area contributed by atoms with Crippen molar-refractivity contribution in [2.45, 2.75) is 6.10 Å². The normalized spacial score (nSPS) is 18.2. The second-order valence-electron chi connectivity index (χ2n) is 4.89. The number of morpholine rings is 1. The molecule has 2 aromatic rings. The molecule has 1 aliphatic heterocycles. The SMILES string of the molecule is Nc1nc(N2CCOC(c3ccccn3)C2)ccc1[N+](=O)[O-]. The molecule has 0 spiro atoms. The van der Waals surface area contributed by atoms with Gasteiger partial charge in [-0.1, -0.05) is 6.07 Å². The Kier molecular flexibility index (Phi) is 3.84. The van der Waals surface area contributed by atoms with E-state index < -0.39 is 4.92 Å². The minimum atomic E-state index is -0.540. The fourth-order valence-corrected chi connectivity index (χ4v) is 2.39. The number of pyridine rings is 2. The summed E-state index contributed by atoms with van der Waals surface area (Å²) in [5, 5.41) is 10.8. The van der Waals surface area contributed by atoms with Crippen LogP contribution in [0.2, 0.25) is 0 Å². The van der Waals surface area contributed by atoms with Crippen molar-refractivity contribution in [3.05, 3.63) is 52.3 Å². The Morgan fingerprint density at radius 3 is 2.91 bits per heavy atom. The van der Waals surface area contributed by atoms with Gasteiger partial charge < -0.3 is 15.4 Å². The van der Waals surface area contributed by atoms with Gasteiger partial charge in [-0.25, -0.2) is 4.98 Å². The van der Waals surface area contributed by atoms with Crippen LogP contribution in [0.25, 0.3) is 0 Å². The zero-order chi connectivity index (χ0) is 15.5. The largest absolute Gasteiger partial charge is 0.378 e. The van der Waals surface area contributed by atoms with E-state index in [1.54, 1.807) is 12.3 Å². The number of nitrogen functional groups attached to an aromatic ring is 1. The lowest BCUT2D eigenvalue weighted by Crippen LogP contribution is -2.39. The van der Waals surface area contributed by atoms with Gasteiger partial charge in [0.15, 0.2) is 0 Å². The van der Waals surface area contributed by atoms with Crippen molar-refractivity contribution < 1.29 is 9.66 Å². The monoisotopic (exact) mass is 301 g/mol. The van der Waals surface area contributed by atoms with Crippen LogP contribution in [0.5, 0.6) is 0 Å². The molecule has 1 fully saturated rings. The molecule has 2 aromatic heterocycles. The zero-order valence-electron chi connectivity index (χ0n) is 11.8. The van der Waals surface area contributed by atoms with Crippen molar-refractivity contribution >= 4 is 17.3 Å². The number of nitrogens with zero attached hydrogens (tertiary/aromatic N) is 4. The highest BCUT2D eigenvalue weighted by atomic mass is 16.6. The average molecular weight is 301 g/mol. The topological polar surface area (TPSA) is 107 Å². The molecular formula is C14H15N5O3. The van der Waals surface area contributed by atoms with Gasteiger partial charge in [-0.05, 0) is 18.2 Å². The Morgan fingerprint density at radius 1 is 1.36 bits per heavy atom. The van der Waals surface area contributed by atoms with Crippen LogP contribution >= 0.6 is 0 Å². The van der Waals surface area contributed by atoms with Crippen LogP contribution in [0.1, 0.15) is 11.8 Å². The van der Waals surface area contributed by atoms with Crippen molar-refractivity contribution in [1.29, 1.82) is 0 Å². The van der Waals surface area contributed by atoms with Gasteiger partial charge in [0.25, 0.3) is 0 Å². The number of hydrogen-bond acceptors (Lipinski definition) is 7. The molecule has 1 aliphatic rings. The lowest BCUT2D eigenvalue weighted by molar-refractivity contribution is -0.384. The van der Waals surface area contributed by atoms with E-state index in [9.17, 15) is 10.1 Å². The molecule has 2 N–H and O–H groups in total. The Balaban J connectivity index is 1.80. The van der Waals surface area contributed by atoms with Gasteiger partial charge in [-0.15, -0.1) is 0 Å². The molecule has 1 unspecified atom stereocenters. The molecule has 0 aliphatic carbocycles. The first-order chi connectivity index (χ1) is 10.6. The Bertz CT molecular complexity index is 679. The molecule has 8 heteroatoms. The first kappa shape index (κ1) is 14.2. The lowest BCUT2D eigenvalue weighted by Gasteiger charge is -2.33. The smallest absolute Gasteiger partial charge is 0.311 e. The quantitative estimate of drug-likeness (QED) is 0.676. The summed E-state index contributed by atoms with van der Waals surface area (Å²) in [5.74, 6) is 0.524. The van der Waals surface area contributed by atoms with Gasteiger partial charge in [0.2, 0.25) is 5.82 Å². The predicted octanol–water partition coefficient (Wildman–Crippen LogP) is 1.54. The van der Waals surface area contributed by atoms with Crippen molar-refractivity contribution in [1.82, 2.24) is 9.97 Å². The Morgan fingerprint density at radius 2 is 2.23 bits per heavy atom. The second kappa shape index (κ2) is 5.94. The van der Waals surface area contributed by atoms with Crippen LogP contribution in [0.4, 0.5) is 17.3 Å². The van der Waals surface area contributed by atoms with Crippen LogP contribution in [0.3, 0.4) is 0 Å². The number of nitro groups is 1. The summed E-state index contributed by atoms with van der Waals surface area (Å²) in [6, 6.07) is 8.65. The van der Waals surface area contributed by atoms with Gasteiger partial charge in [0, 0.05) is 18.8 Å². The fourth-order valence-electron chi connectivity index (χ4n) is 2.39. The third kappa shape index (κ3) is 2.82. The number of anilines is 2. The molecule has 0 radical (unpaired) electrons. The number of nitrogens with two attached hydrogens (primary N) is 1. The van der Waals surface area contributed by atoms with Crippen LogP contribution in [-0.2, 0) is 4.74 Å². The van der Waals surface area contributed by atoms with E-state index in [1.165, 1.54) is 6.07 Å². The van der Waals surface area contributed by atoms with Crippen LogP contribution in [0.15, 0.2) is 36.5 Å². The van der Waals surface area contributed by atoms with Crippen molar-refractivity contribution in [2.24, 2.45) is 0 Å². The molecule has 0 aromatic carbocycles. The molecule has 0 bridgehead atoms. The predicted molar refractivity (Wildman–Crippen MR) is 80.4 cm³/mol. The Hall–Kier alpha value is -2.74. The van der Waals surface area contributed by atoms with E-state index in [2.05, 4.69) is 9.97 Å². The van der Waals surface area contributed by atoms with Crippen LogP contribution < -0.4 is 10.6 Å². The molecule has 3 rings (SSSR count). The summed E-state index contributed by atoms with van der Waals surface area (Å²) in [7, 11) is 0. The van der Waals surface area contributed by atoms with Gasteiger partial charge in [-0.2, -0.15) is 0 Å². The molecule has 8 nitrogen and oxygen atoms in total. The fraction of sp³-hybridized carbons (Fsp3) is 0.286. The highest BCUT2D eigenvalue weighted by Crippen LogP contribution is 2.27. The van der Waals surface area contributed by atoms with Crippen molar-refractivity contribution in [3.8, 4) is 0 Å². The molecular weight excluding hydrogens is 286 g/mol. The molecule has 0 saturated carbocycles. The number of ether oxygens (including phenoxy) is 1. The summed E-state index contributed by atoms with van der Waals surface area (Å²) in [6.07, 6.45) is 1.56. The van der Waals surface area contributed by atoms with E-state index in [4.69, 9.17) is 10.5 Å². The first-order valence-electron chi connectivity index (χ1n) is 6.83. The molecule has 3 heterocycles. The van der Waals surface area contributed by atoms with Crippen LogP contribution in [-0.4, -0.2) is 34.6 Å². The van der Waals surface area contributed by atoms with E-state index >= 15 is 0 Å². The molecule has 114 valence electrons. The minimum absolute atomic E-state index is 0.0802. The first-order valence-corrected chi connectivity index (χ1v) is 6.83. The molecule has 1 atom stereocenters. The van der Waals surface area contributed by atoms with E-state index in [1.807, 2.05) is 23.1 Å².